The highest BCUT2D eigenvalue weighted by Gasteiger charge is 2.33. The maximum atomic E-state index is 9.87. The molecule has 1 saturated carbocycles. The fourth-order valence-corrected chi connectivity index (χ4v) is 3.02. The van der Waals surface area contributed by atoms with Gasteiger partial charge in [0.2, 0.25) is 0 Å². The SMILES string of the molecule is CCC(O)C1CC[C@@H](C(O)CC)[C@H](C)C1. The van der Waals surface area contributed by atoms with Gasteiger partial charge in [-0.1, -0.05) is 20.8 Å². The molecule has 0 aliphatic heterocycles. The zero-order valence-corrected chi connectivity index (χ0v) is 10.3. The van der Waals surface area contributed by atoms with Gasteiger partial charge in [0.05, 0.1) is 12.2 Å². The molecule has 0 aromatic carbocycles. The fourth-order valence-electron chi connectivity index (χ4n) is 3.02. The standard InChI is InChI=1S/C13H26O2/c1-4-12(14)10-6-7-11(9(3)8-10)13(15)5-2/h9-15H,4-8H2,1-3H3/t9-,10?,11-,12?,13?/m1/s1. The number of aliphatic hydroxyl groups is 2. The summed E-state index contributed by atoms with van der Waals surface area (Å²) < 4.78 is 0. The van der Waals surface area contributed by atoms with Crippen LogP contribution in [0.15, 0.2) is 0 Å². The summed E-state index contributed by atoms with van der Waals surface area (Å²) in [5, 5.41) is 19.7. The van der Waals surface area contributed by atoms with Crippen LogP contribution in [0.2, 0.25) is 0 Å². The first-order valence-corrected chi connectivity index (χ1v) is 6.46. The molecular weight excluding hydrogens is 188 g/mol. The zero-order chi connectivity index (χ0) is 11.4. The highest BCUT2D eigenvalue weighted by molar-refractivity contribution is 4.84. The molecule has 3 unspecified atom stereocenters. The third kappa shape index (κ3) is 3.18. The highest BCUT2D eigenvalue weighted by Crippen LogP contribution is 2.38. The number of hydrogen-bond donors (Lipinski definition) is 2. The molecule has 5 atom stereocenters. The smallest absolute Gasteiger partial charge is 0.0568 e. The van der Waals surface area contributed by atoms with Gasteiger partial charge >= 0.3 is 0 Å². The summed E-state index contributed by atoms with van der Waals surface area (Å²) in [6, 6.07) is 0. The van der Waals surface area contributed by atoms with Crippen LogP contribution in [0.25, 0.3) is 0 Å². The van der Waals surface area contributed by atoms with Gasteiger partial charge in [0.1, 0.15) is 0 Å². The van der Waals surface area contributed by atoms with Gasteiger partial charge in [0, 0.05) is 0 Å². The van der Waals surface area contributed by atoms with Crippen LogP contribution in [-0.4, -0.2) is 22.4 Å². The monoisotopic (exact) mass is 214 g/mol. The van der Waals surface area contributed by atoms with Crippen molar-refractivity contribution in [2.75, 3.05) is 0 Å². The molecule has 0 amide bonds. The molecule has 0 spiro atoms. The molecule has 1 aliphatic carbocycles. The molecule has 0 saturated heterocycles. The van der Waals surface area contributed by atoms with E-state index in [1.807, 2.05) is 13.8 Å². The van der Waals surface area contributed by atoms with Crippen LogP contribution in [0.1, 0.15) is 52.9 Å². The summed E-state index contributed by atoms with van der Waals surface area (Å²) in [6.07, 6.45) is 4.69. The molecule has 0 heterocycles. The Morgan fingerprint density at radius 3 is 2.13 bits per heavy atom. The Morgan fingerprint density at radius 2 is 1.67 bits per heavy atom. The van der Waals surface area contributed by atoms with E-state index in [9.17, 15) is 10.2 Å². The summed E-state index contributed by atoms with van der Waals surface area (Å²) in [5.41, 5.74) is 0. The molecule has 1 rings (SSSR count). The maximum absolute atomic E-state index is 9.87. The Hall–Kier alpha value is -0.0800. The molecular formula is C13H26O2. The molecule has 2 nitrogen and oxygen atoms in total. The topological polar surface area (TPSA) is 40.5 Å². The van der Waals surface area contributed by atoms with Crippen LogP contribution >= 0.6 is 0 Å². The lowest BCUT2D eigenvalue weighted by Gasteiger charge is -2.38. The van der Waals surface area contributed by atoms with E-state index in [0.29, 0.717) is 17.8 Å². The molecule has 15 heavy (non-hydrogen) atoms. The van der Waals surface area contributed by atoms with E-state index in [-0.39, 0.29) is 12.2 Å². The van der Waals surface area contributed by atoms with E-state index in [1.165, 1.54) is 0 Å². The Kier molecular flexibility index (Phi) is 5.07. The second kappa shape index (κ2) is 5.86. The van der Waals surface area contributed by atoms with Crippen molar-refractivity contribution in [3.8, 4) is 0 Å². The van der Waals surface area contributed by atoms with Gasteiger partial charge < -0.3 is 10.2 Å². The van der Waals surface area contributed by atoms with Crippen LogP contribution in [0.4, 0.5) is 0 Å². The number of aliphatic hydroxyl groups excluding tert-OH is 2. The lowest BCUT2D eigenvalue weighted by atomic mass is 9.70. The van der Waals surface area contributed by atoms with Crippen molar-refractivity contribution < 1.29 is 10.2 Å². The Bertz CT molecular complexity index is 181. The zero-order valence-electron chi connectivity index (χ0n) is 10.3. The van der Waals surface area contributed by atoms with Gasteiger partial charge in [-0.3, -0.25) is 0 Å². The summed E-state index contributed by atoms with van der Waals surface area (Å²) in [6.45, 7) is 6.31. The first-order valence-electron chi connectivity index (χ1n) is 6.46. The molecule has 0 aromatic heterocycles. The Balaban J connectivity index is 2.47. The van der Waals surface area contributed by atoms with E-state index in [4.69, 9.17) is 0 Å². The normalized spacial score (nSPS) is 36.2. The van der Waals surface area contributed by atoms with E-state index >= 15 is 0 Å². The first kappa shape index (κ1) is 13.0. The van der Waals surface area contributed by atoms with Crippen LogP contribution in [0.5, 0.6) is 0 Å². The van der Waals surface area contributed by atoms with Crippen molar-refractivity contribution >= 4 is 0 Å². The minimum absolute atomic E-state index is 0.132. The summed E-state index contributed by atoms with van der Waals surface area (Å²) >= 11 is 0. The summed E-state index contributed by atoms with van der Waals surface area (Å²) in [7, 11) is 0. The van der Waals surface area contributed by atoms with E-state index in [1.54, 1.807) is 0 Å². The fraction of sp³-hybridized carbons (Fsp3) is 1.00. The van der Waals surface area contributed by atoms with E-state index < -0.39 is 0 Å². The molecule has 2 N–H and O–H groups in total. The van der Waals surface area contributed by atoms with Gasteiger partial charge in [-0.2, -0.15) is 0 Å². The quantitative estimate of drug-likeness (QED) is 0.755. The van der Waals surface area contributed by atoms with Crippen LogP contribution < -0.4 is 0 Å². The summed E-state index contributed by atoms with van der Waals surface area (Å²) in [5.74, 6) is 1.47. The van der Waals surface area contributed by atoms with Crippen molar-refractivity contribution in [3.63, 3.8) is 0 Å². The van der Waals surface area contributed by atoms with Crippen molar-refractivity contribution in [2.24, 2.45) is 17.8 Å². The molecule has 2 heteroatoms. The van der Waals surface area contributed by atoms with Crippen LogP contribution in [-0.2, 0) is 0 Å². The van der Waals surface area contributed by atoms with E-state index in [0.717, 1.165) is 32.1 Å². The molecule has 1 aliphatic rings. The molecule has 1 fully saturated rings. The van der Waals surface area contributed by atoms with Gasteiger partial charge in [-0.15, -0.1) is 0 Å². The second-order valence-electron chi connectivity index (χ2n) is 5.17. The average Bonchev–Trinajstić information content (AvgIpc) is 2.26. The number of hydrogen-bond acceptors (Lipinski definition) is 2. The van der Waals surface area contributed by atoms with Crippen molar-refractivity contribution in [1.29, 1.82) is 0 Å². The van der Waals surface area contributed by atoms with E-state index in [2.05, 4.69) is 6.92 Å². The average molecular weight is 214 g/mol. The summed E-state index contributed by atoms with van der Waals surface area (Å²) in [4.78, 5) is 0. The predicted octanol–water partition coefficient (Wildman–Crippen LogP) is 2.58. The minimum Gasteiger partial charge on any atom is -0.393 e. The van der Waals surface area contributed by atoms with Crippen molar-refractivity contribution in [1.82, 2.24) is 0 Å². The third-order valence-corrected chi connectivity index (χ3v) is 4.15. The molecule has 0 aromatic rings. The maximum Gasteiger partial charge on any atom is 0.0568 e. The first-order chi connectivity index (χ1) is 7.10. The lowest BCUT2D eigenvalue weighted by Crippen LogP contribution is -2.35. The van der Waals surface area contributed by atoms with Crippen LogP contribution in [0.3, 0.4) is 0 Å². The third-order valence-electron chi connectivity index (χ3n) is 4.15. The van der Waals surface area contributed by atoms with Crippen LogP contribution in [0, 0.1) is 17.8 Å². The van der Waals surface area contributed by atoms with Gasteiger partial charge in [-0.25, -0.2) is 0 Å². The number of rotatable bonds is 4. The second-order valence-corrected chi connectivity index (χ2v) is 5.17. The molecule has 0 radical (unpaired) electrons. The predicted molar refractivity (Wildman–Crippen MR) is 62.6 cm³/mol. The van der Waals surface area contributed by atoms with Crippen molar-refractivity contribution in [3.05, 3.63) is 0 Å². The molecule has 90 valence electrons. The van der Waals surface area contributed by atoms with Gasteiger partial charge in [0.25, 0.3) is 0 Å². The highest BCUT2D eigenvalue weighted by atomic mass is 16.3. The molecule has 0 bridgehead atoms. The van der Waals surface area contributed by atoms with Crippen molar-refractivity contribution in [2.45, 2.75) is 65.1 Å². The minimum atomic E-state index is -0.139. The van der Waals surface area contributed by atoms with Gasteiger partial charge in [-0.05, 0) is 49.9 Å². The lowest BCUT2D eigenvalue weighted by molar-refractivity contribution is 0.00208. The largest absolute Gasteiger partial charge is 0.393 e. The Labute approximate surface area is 93.7 Å². The van der Waals surface area contributed by atoms with Gasteiger partial charge in [0.15, 0.2) is 0 Å². The Morgan fingerprint density at radius 1 is 1.07 bits per heavy atom.